The highest BCUT2D eigenvalue weighted by Crippen LogP contribution is 2.18. The van der Waals surface area contributed by atoms with Gasteiger partial charge in [-0.05, 0) is 26.3 Å². The molecule has 0 radical (unpaired) electrons. The second-order valence-electron chi connectivity index (χ2n) is 4.44. The van der Waals surface area contributed by atoms with Gasteiger partial charge in [0, 0.05) is 32.1 Å². The lowest BCUT2D eigenvalue weighted by molar-refractivity contribution is -0.119. The second kappa shape index (κ2) is 6.08. The fraction of sp³-hybridized carbons (Fsp3) is 0.909. The first-order valence-corrected chi connectivity index (χ1v) is 5.85. The van der Waals surface area contributed by atoms with Crippen LogP contribution in [0.15, 0.2) is 0 Å². The van der Waals surface area contributed by atoms with Gasteiger partial charge in [0.05, 0.1) is 0 Å². The summed E-state index contributed by atoms with van der Waals surface area (Å²) in [6, 6.07) is 0.718. The number of carbonyl (C=O) groups excluding carboxylic acids is 1. The van der Waals surface area contributed by atoms with Crippen LogP contribution in [0.4, 0.5) is 0 Å². The summed E-state index contributed by atoms with van der Waals surface area (Å²) in [5, 5.41) is 2.83. The van der Waals surface area contributed by atoms with Crippen LogP contribution in [0.3, 0.4) is 0 Å². The number of piperidine rings is 1. The maximum Gasteiger partial charge on any atom is 0.216 e. The lowest BCUT2D eigenvalue weighted by Gasteiger charge is -2.38. The van der Waals surface area contributed by atoms with E-state index in [2.05, 4.69) is 17.1 Å². The van der Waals surface area contributed by atoms with E-state index in [9.17, 15) is 4.79 Å². The Kier molecular flexibility index (Phi) is 5.05. The molecule has 0 aromatic carbocycles. The number of carbonyl (C=O) groups is 1. The number of rotatable bonds is 4. The van der Waals surface area contributed by atoms with Crippen LogP contribution in [-0.2, 0) is 4.79 Å². The molecule has 1 aliphatic heterocycles. The smallest absolute Gasteiger partial charge is 0.216 e. The fourth-order valence-corrected chi connectivity index (χ4v) is 2.27. The average Bonchev–Trinajstić information content (AvgIpc) is 2.17. The molecule has 1 heterocycles. The van der Waals surface area contributed by atoms with Crippen LogP contribution in [0.25, 0.3) is 0 Å². The van der Waals surface area contributed by atoms with E-state index in [0.29, 0.717) is 6.04 Å². The third kappa shape index (κ3) is 4.18. The standard InChI is InChI=1S/C11H23N3O/c1-9(12)11-5-3-4-7-14(11)8-6-13-10(2)15/h9,11H,3-8,12H2,1-2H3,(H,13,15). The van der Waals surface area contributed by atoms with Crippen LogP contribution in [0.1, 0.15) is 33.1 Å². The zero-order chi connectivity index (χ0) is 11.3. The number of nitrogens with two attached hydrogens (primary N) is 1. The number of nitrogens with one attached hydrogen (secondary N) is 1. The lowest BCUT2D eigenvalue weighted by atomic mass is 9.97. The molecule has 1 fully saturated rings. The molecule has 1 amide bonds. The van der Waals surface area contributed by atoms with E-state index in [-0.39, 0.29) is 11.9 Å². The summed E-state index contributed by atoms with van der Waals surface area (Å²) in [6.45, 7) is 6.40. The van der Waals surface area contributed by atoms with Crippen molar-refractivity contribution < 1.29 is 4.79 Å². The first kappa shape index (κ1) is 12.5. The quantitative estimate of drug-likeness (QED) is 0.707. The Hall–Kier alpha value is -0.610. The van der Waals surface area contributed by atoms with Gasteiger partial charge < -0.3 is 11.1 Å². The number of amides is 1. The molecular formula is C11H23N3O. The van der Waals surface area contributed by atoms with Gasteiger partial charge in [-0.15, -0.1) is 0 Å². The van der Waals surface area contributed by atoms with Gasteiger partial charge in [0.15, 0.2) is 0 Å². The molecule has 1 aliphatic rings. The maximum absolute atomic E-state index is 10.7. The Morgan fingerprint density at radius 3 is 2.93 bits per heavy atom. The Morgan fingerprint density at radius 1 is 1.60 bits per heavy atom. The molecule has 4 nitrogen and oxygen atoms in total. The number of nitrogens with zero attached hydrogens (tertiary/aromatic N) is 1. The van der Waals surface area contributed by atoms with Crippen molar-refractivity contribution in [2.24, 2.45) is 5.73 Å². The minimum atomic E-state index is 0.0457. The topological polar surface area (TPSA) is 58.4 Å². The number of hydrogen-bond donors (Lipinski definition) is 2. The van der Waals surface area contributed by atoms with Crippen molar-refractivity contribution in [3.63, 3.8) is 0 Å². The van der Waals surface area contributed by atoms with Crippen molar-refractivity contribution in [3.8, 4) is 0 Å². The molecule has 2 unspecified atom stereocenters. The Balaban J connectivity index is 2.32. The fourth-order valence-electron chi connectivity index (χ4n) is 2.27. The highest BCUT2D eigenvalue weighted by molar-refractivity contribution is 5.72. The van der Waals surface area contributed by atoms with Gasteiger partial charge in [-0.1, -0.05) is 6.42 Å². The Bertz CT molecular complexity index is 206. The first-order chi connectivity index (χ1) is 7.11. The van der Waals surface area contributed by atoms with E-state index in [1.165, 1.54) is 19.3 Å². The molecule has 15 heavy (non-hydrogen) atoms. The van der Waals surface area contributed by atoms with Gasteiger partial charge >= 0.3 is 0 Å². The maximum atomic E-state index is 10.7. The SMILES string of the molecule is CC(=O)NCCN1CCCCC1C(C)N. The number of likely N-dealkylation sites (tertiary alicyclic amines) is 1. The average molecular weight is 213 g/mol. The summed E-state index contributed by atoms with van der Waals surface area (Å²) < 4.78 is 0. The van der Waals surface area contributed by atoms with Crippen molar-refractivity contribution in [2.45, 2.75) is 45.2 Å². The summed E-state index contributed by atoms with van der Waals surface area (Å²) in [7, 11) is 0. The largest absolute Gasteiger partial charge is 0.355 e. The minimum absolute atomic E-state index is 0.0457. The van der Waals surface area contributed by atoms with Gasteiger partial charge in [0.2, 0.25) is 5.91 Å². The molecule has 0 aromatic heterocycles. The lowest BCUT2D eigenvalue weighted by Crippen LogP contribution is -2.51. The summed E-state index contributed by atoms with van der Waals surface area (Å²) in [5.74, 6) is 0.0457. The van der Waals surface area contributed by atoms with Crippen molar-refractivity contribution in [2.75, 3.05) is 19.6 Å². The molecule has 1 saturated heterocycles. The highest BCUT2D eigenvalue weighted by atomic mass is 16.1. The molecule has 4 heteroatoms. The van der Waals surface area contributed by atoms with E-state index in [1.807, 2.05) is 0 Å². The van der Waals surface area contributed by atoms with E-state index < -0.39 is 0 Å². The summed E-state index contributed by atoms with van der Waals surface area (Å²) >= 11 is 0. The molecule has 3 N–H and O–H groups in total. The van der Waals surface area contributed by atoms with Crippen molar-refractivity contribution in [1.29, 1.82) is 0 Å². The zero-order valence-electron chi connectivity index (χ0n) is 9.83. The third-order valence-corrected chi connectivity index (χ3v) is 3.04. The molecule has 0 saturated carbocycles. The van der Waals surface area contributed by atoms with Gasteiger partial charge in [-0.2, -0.15) is 0 Å². The molecule has 0 spiro atoms. The minimum Gasteiger partial charge on any atom is -0.355 e. The zero-order valence-corrected chi connectivity index (χ0v) is 9.83. The normalized spacial score (nSPS) is 24.9. The second-order valence-corrected chi connectivity index (χ2v) is 4.44. The summed E-state index contributed by atoms with van der Waals surface area (Å²) in [4.78, 5) is 13.2. The van der Waals surface area contributed by atoms with Crippen LogP contribution >= 0.6 is 0 Å². The van der Waals surface area contributed by atoms with Crippen molar-refractivity contribution in [3.05, 3.63) is 0 Å². The molecule has 88 valence electrons. The van der Waals surface area contributed by atoms with Gasteiger partial charge in [-0.3, -0.25) is 9.69 Å². The van der Waals surface area contributed by atoms with E-state index >= 15 is 0 Å². The van der Waals surface area contributed by atoms with E-state index in [4.69, 9.17) is 5.73 Å². The van der Waals surface area contributed by atoms with Crippen LogP contribution in [0.5, 0.6) is 0 Å². The molecule has 1 rings (SSSR count). The van der Waals surface area contributed by atoms with E-state index in [0.717, 1.165) is 19.6 Å². The Morgan fingerprint density at radius 2 is 2.33 bits per heavy atom. The van der Waals surface area contributed by atoms with Crippen molar-refractivity contribution in [1.82, 2.24) is 10.2 Å². The molecule has 2 atom stereocenters. The van der Waals surface area contributed by atoms with Crippen LogP contribution in [0, 0.1) is 0 Å². The van der Waals surface area contributed by atoms with Crippen LogP contribution in [0.2, 0.25) is 0 Å². The van der Waals surface area contributed by atoms with Gasteiger partial charge in [0.25, 0.3) is 0 Å². The van der Waals surface area contributed by atoms with Crippen LogP contribution in [-0.4, -0.2) is 42.5 Å². The molecule has 0 bridgehead atoms. The molecular weight excluding hydrogens is 190 g/mol. The van der Waals surface area contributed by atoms with Gasteiger partial charge in [0.1, 0.15) is 0 Å². The molecule has 0 aromatic rings. The number of hydrogen-bond acceptors (Lipinski definition) is 3. The first-order valence-electron chi connectivity index (χ1n) is 5.85. The Labute approximate surface area is 92.2 Å². The van der Waals surface area contributed by atoms with Crippen molar-refractivity contribution >= 4 is 5.91 Å². The summed E-state index contributed by atoms with van der Waals surface area (Å²) in [5.41, 5.74) is 5.96. The highest BCUT2D eigenvalue weighted by Gasteiger charge is 2.24. The predicted molar refractivity (Wildman–Crippen MR) is 61.5 cm³/mol. The summed E-state index contributed by atoms with van der Waals surface area (Å²) in [6.07, 6.45) is 3.73. The van der Waals surface area contributed by atoms with Gasteiger partial charge in [-0.25, -0.2) is 0 Å². The third-order valence-electron chi connectivity index (χ3n) is 3.04. The predicted octanol–water partition coefficient (Wildman–Crippen LogP) is 0.324. The monoisotopic (exact) mass is 213 g/mol. The molecule has 0 aliphatic carbocycles. The van der Waals surface area contributed by atoms with Crippen LogP contribution < -0.4 is 11.1 Å². The van der Waals surface area contributed by atoms with E-state index in [1.54, 1.807) is 6.92 Å².